The molecule has 36 heavy (non-hydrogen) atoms. The van der Waals surface area contributed by atoms with Gasteiger partial charge in [-0.15, -0.1) is 0 Å². The van der Waals surface area contributed by atoms with Crippen molar-refractivity contribution in [2.24, 2.45) is 0 Å². The van der Waals surface area contributed by atoms with E-state index in [0.717, 1.165) is 18.4 Å². The fourth-order valence-electron chi connectivity index (χ4n) is 4.26. The number of carbonyl (C=O) groups is 2. The number of aromatic nitrogens is 2. The molecule has 1 saturated heterocycles. The Bertz CT molecular complexity index is 1380. The molecule has 1 aliphatic rings. The van der Waals surface area contributed by atoms with E-state index in [0.29, 0.717) is 47.2 Å². The molecule has 1 fully saturated rings. The van der Waals surface area contributed by atoms with Gasteiger partial charge >= 0.3 is 0 Å². The van der Waals surface area contributed by atoms with Gasteiger partial charge in [0.1, 0.15) is 5.82 Å². The molecule has 8 heteroatoms. The summed E-state index contributed by atoms with van der Waals surface area (Å²) in [5, 5.41) is 6.81. The summed E-state index contributed by atoms with van der Waals surface area (Å²) in [7, 11) is 0. The van der Waals surface area contributed by atoms with Gasteiger partial charge in [-0.25, -0.2) is 4.39 Å². The van der Waals surface area contributed by atoms with E-state index < -0.39 is 0 Å². The van der Waals surface area contributed by atoms with Crippen LogP contribution in [0.3, 0.4) is 0 Å². The van der Waals surface area contributed by atoms with Gasteiger partial charge in [0.15, 0.2) is 0 Å². The zero-order chi connectivity index (χ0) is 25.1. The molecule has 182 valence electrons. The predicted octanol–water partition coefficient (Wildman–Crippen LogP) is 5.46. The third-order valence-corrected chi connectivity index (χ3v) is 6.43. The van der Waals surface area contributed by atoms with Gasteiger partial charge in [0.2, 0.25) is 11.7 Å². The Balaban J connectivity index is 1.19. The molecule has 0 atom stereocenters. The molecule has 4 aromatic rings. The maximum absolute atomic E-state index is 13.7. The minimum atomic E-state index is -0.371. The van der Waals surface area contributed by atoms with Gasteiger partial charge in [0, 0.05) is 41.4 Å². The monoisotopic (exact) mass is 484 g/mol. The molecular formula is C28H25FN4O3. The van der Waals surface area contributed by atoms with Crippen LogP contribution in [0.2, 0.25) is 0 Å². The number of halogens is 1. The molecule has 1 N–H and O–H groups in total. The molecule has 5 rings (SSSR count). The summed E-state index contributed by atoms with van der Waals surface area (Å²) < 4.78 is 19.3. The van der Waals surface area contributed by atoms with Crippen molar-refractivity contribution < 1.29 is 18.5 Å². The van der Waals surface area contributed by atoms with Crippen molar-refractivity contribution >= 4 is 17.5 Å². The maximum atomic E-state index is 13.7. The average Bonchev–Trinajstić information content (AvgIpc) is 3.41. The first-order chi connectivity index (χ1) is 17.5. The minimum Gasteiger partial charge on any atom is -0.339 e. The number of piperidine rings is 1. The second-order valence-corrected chi connectivity index (χ2v) is 8.88. The van der Waals surface area contributed by atoms with Crippen LogP contribution < -0.4 is 5.32 Å². The molecule has 0 bridgehead atoms. The number of hydrogen-bond donors (Lipinski definition) is 1. The van der Waals surface area contributed by atoms with E-state index in [1.165, 1.54) is 6.07 Å². The Morgan fingerprint density at radius 3 is 2.39 bits per heavy atom. The largest absolute Gasteiger partial charge is 0.339 e. The summed E-state index contributed by atoms with van der Waals surface area (Å²) in [5.74, 6) is 0.420. The molecular weight excluding hydrogens is 459 g/mol. The molecule has 0 spiro atoms. The Morgan fingerprint density at radius 1 is 0.972 bits per heavy atom. The molecule has 1 aliphatic heterocycles. The van der Waals surface area contributed by atoms with Gasteiger partial charge in [-0.1, -0.05) is 41.6 Å². The number of nitrogens with zero attached hydrogens (tertiary/aromatic N) is 3. The van der Waals surface area contributed by atoms with Gasteiger partial charge in [-0.05, 0) is 61.7 Å². The molecule has 0 unspecified atom stereocenters. The molecule has 2 heterocycles. The third-order valence-electron chi connectivity index (χ3n) is 6.43. The fraction of sp³-hybridized carbons (Fsp3) is 0.214. The Hall–Kier alpha value is -4.33. The van der Waals surface area contributed by atoms with Crippen molar-refractivity contribution in [3.63, 3.8) is 0 Å². The van der Waals surface area contributed by atoms with Crippen molar-refractivity contribution in [1.29, 1.82) is 0 Å². The smallest absolute Gasteiger partial charge is 0.255 e. The van der Waals surface area contributed by atoms with Crippen LogP contribution >= 0.6 is 0 Å². The number of carbonyl (C=O) groups excluding carboxylic acids is 2. The molecule has 3 aromatic carbocycles. The lowest BCUT2D eigenvalue weighted by Gasteiger charge is -2.30. The Kier molecular flexibility index (Phi) is 6.58. The lowest BCUT2D eigenvalue weighted by atomic mass is 9.96. The summed E-state index contributed by atoms with van der Waals surface area (Å²) in [5.41, 5.74) is 2.76. The summed E-state index contributed by atoms with van der Waals surface area (Å²) >= 11 is 0. The minimum absolute atomic E-state index is 0.0388. The number of benzene rings is 3. The third kappa shape index (κ3) is 5.02. The van der Waals surface area contributed by atoms with Crippen molar-refractivity contribution in [2.75, 3.05) is 18.4 Å². The lowest BCUT2D eigenvalue weighted by Crippen LogP contribution is -2.37. The van der Waals surface area contributed by atoms with Crippen LogP contribution in [0.15, 0.2) is 77.3 Å². The number of amides is 2. The summed E-state index contributed by atoms with van der Waals surface area (Å²) in [6.45, 7) is 2.93. The maximum Gasteiger partial charge on any atom is 0.255 e. The number of nitrogens with one attached hydrogen (secondary N) is 1. The van der Waals surface area contributed by atoms with Gasteiger partial charge in [0.25, 0.3) is 11.8 Å². The average molecular weight is 485 g/mol. The van der Waals surface area contributed by atoms with E-state index in [2.05, 4.69) is 15.5 Å². The molecule has 2 amide bonds. The van der Waals surface area contributed by atoms with Gasteiger partial charge in [-0.3, -0.25) is 9.59 Å². The summed E-state index contributed by atoms with van der Waals surface area (Å²) in [6.07, 6.45) is 1.50. The lowest BCUT2D eigenvalue weighted by molar-refractivity contribution is 0.0704. The second-order valence-electron chi connectivity index (χ2n) is 8.88. The van der Waals surface area contributed by atoms with Crippen LogP contribution in [-0.4, -0.2) is 39.9 Å². The van der Waals surface area contributed by atoms with E-state index in [1.54, 1.807) is 43.3 Å². The van der Waals surface area contributed by atoms with Crippen molar-refractivity contribution in [3.05, 3.63) is 101 Å². The first-order valence-electron chi connectivity index (χ1n) is 11.8. The molecule has 0 radical (unpaired) electrons. The van der Waals surface area contributed by atoms with E-state index >= 15 is 0 Å². The quantitative estimate of drug-likeness (QED) is 0.407. The van der Waals surface area contributed by atoms with Crippen LogP contribution in [0.25, 0.3) is 11.4 Å². The zero-order valence-electron chi connectivity index (χ0n) is 19.8. The zero-order valence-corrected chi connectivity index (χ0v) is 19.8. The molecule has 0 saturated carbocycles. The van der Waals surface area contributed by atoms with Crippen LogP contribution in [-0.2, 0) is 0 Å². The summed E-state index contributed by atoms with van der Waals surface area (Å²) in [6, 6.07) is 20.7. The van der Waals surface area contributed by atoms with Gasteiger partial charge in [-0.2, -0.15) is 4.98 Å². The highest BCUT2D eigenvalue weighted by atomic mass is 19.1. The first kappa shape index (κ1) is 23.4. The van der Waals surface area contributed by atoms with Crippen LogP contribution in [0.5, 0.6) is 0 Å². The van der Waals surface area contributed by atoms with Crippen molar-refractivity contribution in [2.45, 2.75) is 25.7 Å². The highest BCUT2D eigenvalue weighted by Gasteiger charge is 2.28. The Morgan fingerprint density at radius 2 is 1.69 bits per heavy atom. The van der Waals surface area contributed by atoms with E-state index in [9.17, 15) is 14.0 Å². The van der Waals surface area contributed by atoms with Crippen molar-refractivity contribution in [3.8, 4) is 11.4 Å². The fourth-order valence-corrected chi connectivity index (χ4v) is 4.26. The van der Waals surface area contributed by atoms with Gasteiger partial charge in [0.05, 0.1) is 0 Å². The predicted molar refractivity (Wildman–Crippen MR) is 133 cm³/mol. The van der Waals surface area contributed by atoms with Crippen LogP contribution in [0.1, 0.15) is 50.9 Å². The highest BCUT2D eigenvalue weighted by Crippen LogP contribution is 2.29. The highest BCUT2D eigenvalue weighted by molar-refractivity contribution is 6.04. The van der Waals surface area contributed by atoms with Crippen molar-refractivity contribution in [1.82, 2.24) is 15.0 Å². The second kappa shape index (κ2) is 10.1. The molecule has 0 aliphatic carbocycles. The standard InChI is InChI=1S/C28H25FN4O3/c1-18-7-12-23(17-24(18)29)30-26(34)20-10-8-19(9-11-20)25-31-27(36-32-25)21-13-15-33(16-14-21)28(35)22-5-3-2-4-6-22/h2-12,17,21H,13-16H2,1H3,(H,30,34). The van der Waals surface area contributed by atoms with E-state index in [-0.39, 0.29) is 23.5 Å². The number of likely N-dealkylation sites (tertiary alicyclic amines) is 1. The van der Waals surface area contributed by atoms with Crippen LogP contribution in [0.4, 0.5) is 10.1 Å². The number of aryl methyl sites for hydroxylation is 1. The number of hydrogen-bond acceptors (Lipinski definition) is 5. The number of rotatable bonds is 5. The number of anilines is 1. The molecule has 1 aromatic heterocycles. The normalized spacial score (nSPS) is 14.0. The topological polar surface area (TPSA) is 88.3 Å². The van der Waals surface area contributed by atoms with Crippen LogP contribution in [0, 0.1) is 12.7 Å². The van der Waals surface area contributed by atoms with Gasteiger partial charge < -0.3 is 14.7 Å². The van der Waals surface area contributed by atoms with E-state index in [1.807, 2.05) is 35.2 Å². The summed E-state index contributed by atoms with van der Waals surface area (Å²) in [4.78, 5) is 31.6. The first-order valence-corrected chi connectivity index (χ1v) is 11.8. The molecule has 7 nitrogen and oxygen atoms in total. The SMILES string of the molecule is Cc1ccc(NC(=O)c2ccc(-c3noc(C4CCN(C(=O)c5ccccc5)CC4)n3)cc2)cc1F. The van der Waals surface area contributed by atoms with E-state index in [4.69, 9.17) is 4.52 Å². The Labute approximate surface area is 207 Å².